The van der Waals surface area contributed by atoms with Gasteiger partial charge in [0, 0.05) is 5.75 Å². The van der Waals surface area contributed by atoms with Gasteiger partial charge in [-0.1, -0.05) is 60.2 Å². The minimum Gasteiger partial charge on any atom is -0.497 e. The van der Waals surface area contributed by atoms with Crippen molar-refractivity contribution in [3.05, 3.63) is 102 Å². The Balaban J connectivity index is 1.45. The molecule has 0 atom stereocenters. The van der Waals surface area contributed by atoms with E-state index in [0.717, 1.165) is 33.3 Å². The number of benzene rings is 3. The summed E-state index contributed by atoms with van der Waals surface area (Å²) in [5.41, 5.74) is 5.38. The van der Waals surface area contributed by atoms with Crippen LogP contribution in [0.1, 0.15) is 16.7 Å². The monoisotopic (exact) mass is 468 g/mol. The minimum atomic E-state index is 0.523. The fourth-order valence-electron chi connectivity index (χ4n) is 3.54. The Hall–Kier alpha value is -3.91. The third-order valence-electron chi connectivity index (χ3n) is 5.40. The molecule has 3 aromatic carbocycles. The van der Waals surface area contributed by atoms with Crippen molar-refractivity contribution in [3.63, 3.8) is 0 Å². The van der Waals surface area contributed by atoms with Crippen LogP contribution in [0.3, 0.4) is 0 Å². The average molecular weight is 469 g/mol. The van der Waals surface area contributed by atoms with Gasteiger partial charge in [-0.2, -0.15) is 9.90 Å². The lowest BCUT2D eigenvalue weighted by molar-refractivity contribution is 0.414. The SMILES string of the molecule is COc1ccc(Cn2nnc(-c3cnn(-c4ccc(C)cc4)c3SCc3ccccc3)n2)cc1. The van der Waals surface area contributed by atoms with Crippen molar-refractivity contribution in [1.29, 1.82) is 0 Å². The van der Waals surface area contributed by atoms with Gasteiger partial charge in [0.2, 0.25) is 5.82 Å². The number of aryl methyl sites for hydroxylation is 1. The van der Waals surface area contributed by atoms with Gasteiger partial charge < -0.3 is 4.74 Å². The van der Waals surface area contributed by atoms with Crippen LogP contribution in [0.2, 0.25) is 0 Å². The molecular formula is C26H24N6OS. The van der Waals surface area contributed by atoms with Gasteiger partial charge in [-0.3, -0.25) is 0 Å². The van der Waals surface area contributed by atoms with Crippen LogP contribution < -0.4 is 4.74 Å². The van der Waals surface area contributed by atoms with Gasteiger partial charge in [-0.05, 0) is 47.5 Å². The number of methoxy groups -OCH3 is 1. The molecule has 0 saturated heterocycles. The maximum atomic E-state index is 5.23. The van der Waals surface area contributed by atoms with Crippen molar-refractivity contribution in [2.75, 3.05) is 7.11 Å². The predicted molar refractivity (Wildman–Crippen MR) is 133 cm³/mol. The molecule has 5 aromatic rings. The smallest absolute Gasteiger partial charge is 0.209 e. The first-order valence-corrected chi connectivity index (χ1v) is 11.9. The van der Waals surface area contributed by atoms with Crippen LogP contribution in [0.5, 0.6) is 5.75 Å². The Kier molecular flexibility index (Phi) is 6.40. The van der Waals surface area contributed by atoms with Crippen molar-refractivity contribution >= 4 is 11.8 Å². The van der Waals surface area contributed by atoms with E-state index in [2.05, 4.69) is 76.0 Å². The molecule has 0 radical (unpaired) electrons. The number of tetrazole rings is 1. The molecular weight excluding hydrogens is 444 g/mol. The van der Waals surface area contributed by atoms with Crippen molar-refractivity contribution in [1.82, 2.24) is 30.0 Å². The van der Waals surface area contributed by atoms with Gasteiger partial charge in [-0.25, -0.2) is 4.68 Å². The zero-order valence-electron chi connectivity index (χ0n) is 19.0. The summed E-state index contributed by atoms with van der Waals surface area (Å²) < 4.78 is 7.18. The first kappa shape index (κ1) is 21.9. The number of hydrogen-bond donors (Lipinski definition) is 0. The molecule has 34 heavy (non-hydrogen) atoms. The van der Waals surface area contributed by atoms with Gasteiger partial charge in [0.1, 0.15) is 10.8 Å². The average Bonchev–Trinajstić information content (AvgIpc) is 3.51. The van der Waals surface area contributed by atoms with Crippen molar-refractivity contribution in [2.45, 2.75) is 24.2 Å². The Morgan fingerprint density at radius 2 is 1.65 bits per heavy atom. The Morgan fingerprint density at radius 3 is 2.38 bits per heavy atom. The molecule has 0 unspecified atom stereocenters. The molecule has 0 N–H and O–H groups in total. The van der Waals surface area contributed by atoms with Crippen LogP contribution in [0.25, 0.3) is 17.1 Å². The topological polar surface area (TPSA) is 70.7 Å². The van der Waals surface area contributed by atoms with Crippen molar-refractivity contribution in [2.24, 2.45) is 0 Å². The summed E-state index contributed by atoms with van der Waals surface area (Å²) in [7, 11) is 1.66. The fraction of sp³-hybridized carbons (Fsp3) is 0.154. The highest BCUT2D eigenvalue weighted by molar-refractivity contribution is 7.98. The molecule has 2 aromatic heterocycles. The van der Waals surface area contributed by atoms with Gasteiger partial charge in [0.15, 0.2) is 0 Å². The third-order valence-corrected chi connectivity index (χ3v) is 6.54. The number of thioether (sulfide) groups is 1. The van der Waals surface area contributed by atoms with Gasteiger partial charge in [-0.15, -0.1) is 22.0 Å². The largest absolute Gasteiger partial charge is 0.497 e. The number of aromatic nitrogens is 6. The summed E-state index contributed by atoms with van der Waals surface area (Å²) in [6.45, 7) is 2.60. The quantitative estimate of drug-likeness (QED) is 0.292. The van der Waals surface area contributed by atoms with E-state index >= 15 is 0 Å². The van der Waals surface area contributed by atoms with Crippen LogP contribution in [-0.2, 0) is 12.3 Å². The molecule has 0 saturated carbocycles. The zero-order chi connectivity index (χ0) is 23.3. The normalized spacial score (nSPS) is 11.0. The second kappa shape index (κ2) is 9.93. The minimum absolute atomic E-state index is 0.523. The molecule has 7 nitrogen and oxygen atoms in total. The summed E-state index contributed by atoms with van der Waals surface area (Å²) >= 11 is 1.71. The van der Waals surface area contributed by atoms with Gasteiger partial charge in [0.05, 0.1) is 31.1 Å². The Morgan fingerprint density at radius 1 is 0.882 bits per heavy atom. The van der Waals surface area contributed by atoms with E-state index in [4.69, 9.17) is 4.74 Å². The number of nitrogens with zero attached hydrogens (tertiary/aromatic N) is 6. The molecule has 0 aliphatic rings. The highest BCUT2D eigenvalue weighted by Crippen LogP contribution is 2.33. The third kappa shape index (κ3) is 4.87. The summed E-state index contributed by atoms with van der Waals surface area (Å²) in [6.07, 6.45) is 1.82. The van der Waals surface area contributed by atoms with E-state index in [1.165, 1.54) is 11.1 Å². The molecule has 0 spiro atoms. The van der Waals surface area contributed by atoms with Gasteiger partial charge >= 0.3 is 0 Å². The lowest BCUT2D eigenvalue weighted by Crippen LogP contribution is -2.04. The van der Waals surface area contributed by atoms with Crippen LogP contribution in [-0.4, -0.2) is 37.1 Å². The summed E-state index contributed by atoms with van der Waals surface area (Å²) in [5, 5.41) is 18.9. The molecule has 0 aliphatic carbocycles. The molecule has 0 aliphatic heterocycles. The number of hydrogen-bond acceptors (Lipinski definition) is 6. The lowest BCUT2D eigenvalue weighted by Gasteiger charge is -2.09. The van der Waals surface area contributed by atoms with Crippen LogP contribution >= 0.6 is 11.8 Å². The number of ether oxygens (including phenoxy) is 1. The zero-order valence-corrected chi connectivity index (χ0v) is 19.8. The summed E-state index contributed by atoms with van der Waals surface area (Å²) in [5.74, 6) is 2.19. The number of rotatable bonds is 8. The van der Waals surface area contributed by atoms with Crippen molar-refractivity contribution < 1.29 is 4.74 Å². The van der Waals surface area contributed by atoms with Gasteiger partial charge in [0.25, 0.3) is 0 Å². The summed E-state index contributed by atoms with van der Waals surface area (Å²) in [6, 6.07) is 26.6. The first-order chi connectivity index (χ1) is 16.7. The maximum absolute atomic E-state index is 5.23. The molecule has 0 bridgehead atoms. The molecule has 0 fully saturated rings. The highest BCUT2D eigenvalue weighted by atomic mass is 32.2. The molecule has 5 rings (SSSR count). The first-order valence-electron chi connectivity index (χ1n) is 10.9. The molecule has 8 heteroatoms. The standard InChI is InChI=1S/C26H24N6OS/c1-19-8-12-22(13-9-19)32-26(34-18-21-6-4-3-5-7-21)24(16-27-32)25-28-30-31(29-25)17-20-10-14-23(33-2)15-11-20/h3-16H,17-18H2,1-2H3. The van der Waals surface area contributed by atoms with Crippen LogP contribution in [0, 0.1) is 6.92 Å². The predicted octanol–water partition coefficient (Wildman–Crippen LogP) is 5.18. The second-order valence-corrected chi connectivity index (χ2v) is 8.84. The van der Waals surface area contributed by atoms with E-state index in [9.17, 15) is 0 Å². The van der Waals surface area contributed by atoms with Crippen LogP contribution in [0.15, 0.2) is 90.1 Å². The van der Waals surface area contributed by atoms with E-state index in [1.807, 2.05) is 41.2 Å². The summed E-state index contributed by atoms with van der Waals surface area (Å²) in [4.78, 5) is 1.60. The Labute approximate surface area is 202 Å². The van der Waals surface area contributed by atoms with E-state index < -0.39 is 0 Å². The van der Waals surface area contributed by atoms with E-state index in [1.54, 1.807) is 23.7 Å². The molecule has 170 valence electrons. The lowest BCUT2D eigenvalue weighted by atomic mass is 10.2. The highest BCUT2D eigenvalue weighted by Gasteiger charge is 2.19. The molecule has 0 amide bonds. The van der Waals surface area contributed by atoms with Crippen molar-refractivity contribution in [3.8, 4) is 22.8 Å². The maximum Gasteiger partial charge on any atom is 0.209 e. The van der Waals surface area contributed by atoms with E-state index in [-0.39, 0.29) is 0 Å². The molecule has 2 heterocycles. The van der Waals surface area contributed by atoms with Crippen LogP contribution in [0.4, 0.5) is 0 Å². The van der Waals surface area contributed by atoms with E-state index in [0.29, 0.717) is 12.4 Å². The second-order valence-electron chi connectivity index (χ2n) is 7.88. The fourth-order valence-corrected chi connectivity index (χ4v) is 4.61. The Bertz CT molecular complexity index is 1360.